The van der Waals surface area contributed by atoms with Gasteiger partial charge in [0.15, 0.2) is 0 Å². The van der Waals surface area contributed by atoms with Crippen molar-refractivity contribution in [2.24, 2.45) is 0 Å². The minimum absolute atomic E-state index is 0.0216. The van der Waals surface area contributed by atoms with Crippen molar-refractivity contribution in [3.05, 3.63) is 88.7 Å². The summed E-state index contributed by atoms with van der Waals surface area (Å²) in [6, 6.07) is 19.2. The quantitative estimate of drug-likeness (QED) is 0.576. The first kappa shape index (κ1) is 22.2. The number of hydrogen-bond donors (Lipinski definition) is 0. The van der Waals surface area contributed by atoms with Crippen LogP contribution in [0.5, 0.6) is 0 Å². The lowest BCUT2D eigenvalue weighted by molar-refractivity contribution is 0.0696. The van der Waals surface area contributed by atoms with Crippen molar-refractivity contribution in [1.29, 1.82) is 0 Å². The molecule has 4 rings (SSSR count). The van der Waals surface area contributed by atoms with Crippen LogP contribution < -0.4 is 0 Å². The molecule has 1 fully saturated rings. The van der Waals surface area contributed by atoms with Gasteiger partial charge < -0.3 is 4.90 Å². The number of carbonyl (C=O) groups excluding carboxylic acids is 1. The molecule has 0 spiro atoms. The highest BCUT2D eigenvalue weighted by Crippen LogP contribution is 2.20. The van der Waals surface area contributed by atoms with E-state index in [2.05, 4.69) is 5.10 Å². The Morgan fingerprint density at radius 1 is 0.875 bits per heavy atom. The Labute approximate surface area is 189 Å². The molecule has 3 aromatic rings. The number of amides is 1. The van der Waals surface area contributed by atoms with E-state index in [-0.39, 0.29) is 11.7 Å². The normalized spacial score (nSPS) is 15.1. The Bertz CT molecular complexity index is 1180. The molecular weight excluding hydrogens is 424 g/mol. The number of hydrogen-bond acceptors (Lipinski definition) is 4. The maximum atomic E-state index is 13.3. The first-order valence-corrected chi connectivity index (χ1v) is 12.3. The van der Waals surface area contributed by atoms with Crippen LogP contribution in [0.1, 0.15) is 32.9 Å². The number of carbonyl (C=O) groups is 1. The Morgan fingerprint density at radius 2 is 1.44 bits per heavy atom. The lowest BCUT2D eigenvalue weighted by atomic mass is 10.1. The highest BCUT2D eigenvalue weighted by molar-refractivity contribution is 7.88. The van der Waals surface area contributed by atoms with E-state index in [1.807, 2.05) is 79.2 Å². The van der Waals surface area contributed by atoms with Crippen molar-refractivity contribution in [3.8, 4) is 0 Å². The van der Waals surface area contributed by atoms with E-state index in [0.717, 1.165) is 16.8 Å². The van der Waals surface area contributed by atoms with Crippen LogP contribution in [0.25, 0.3) is 0 Å². The van der Waals surface area contributed by atoms with Gasteiger partial charge in [-0.1, -0.05) is 60.7 Å². The molecule has 1 saturated heterocycles. The maximum Gasteiger partial charge on any atom is 0.257 e. The molecule has 1 amide bonds. The molecular formula is C24H28N4O3S. The molecule has 0 saturated carbocycles. The van der Waals surface area contributed by atoms with Crippen LogP contribution in [0.4, 0.5) is 0 Å². The summed E-state index contributed by atoms with van der Waals surface area (Å²) in [7, 11) is -3.42. The number of sulfonamides is 1. The lowest BCUT2D eigenvalue weighted by Gasteiger charge is -2.34. The van der Waals surface area contributed by atoms with Gasteiger partial charge in [0.05, 0.1) is 23.6 Å². The first-order chi connectivity index (χ1) is 15.3. The van der Waals surface area contributed by atoms with E-state index in [0.29, 0.717) is 44.0 Å². The molecule has 1 aromatic heterocycles. The first-order valence-electron chi connectivity index (χ1n) is 10.7. The predicted molar refractivity (Wildman–Crippen MR) is 124 cm³/mol. The fourth-order valence-electron chi connectivity index (χ4n) is 4.12. The van der Waals surface area contributed by atoms with Crippen LogP contribution in [-0.4, -0.2) is 59.5 Å². The second-order valence-electron chi connectivity index (χ2n) is 8.12. The molecule has 0 unspecified atom stereocenters. The second-order valence-corrected chi connectivity index (χ2v) is 10.1. The molecule has 0 radical (unpaired) electrons. The summed E-state index contributed by atoms with van der Waals surface area (Å²) in [5, 5.41) is 4.59. The third-order valence-electron chi connectivity index (χ3n) is 5.88. The van der Waals surface area contributed by atoms with Gasteiger partial charge in [-0.3, -0.25) is 9.48 Å². The summed E-state index contributed by atoms with van der Waals surface area (Å²) >= 11 is 0. The molecule has 2 heterocycles. The summed E-state index contributed by atoms with van der Waals surface area (Å²) in [5.74, 6) is -0.105. The molecule has 0 N–H and O–H groups in total. The SMILES string of the molecule is Cc1nn(Cc2ccccc2)c(C)c1C(=O)N1CCN(S(=O)(=O)Cc2ccccc2)CC1. The van der Waals surface area contributed by atoms with E-state index in [4.69, 9.17) is 0 Å². The van der Waals surface area contributed by atoms with Gasteiger partial charge in [-0.15, -0.1) is 0 Å². The maximum absolute atomic E-state index is 13.3. The van der Waals surface area contributed by atoms with Crippen LogP contribution in [0.3, 0.4) is 0 Å². The standard InChI is InChI=1S/C24H28N4O3S/c1-19-23(20(2)28(25-19)17-21-9-5-3-6-10-21)24(29)26-13-15-27(16-14-26)32(30,31)18-22-11-7-4-8-12-22/h3-12H,13-18H2,1-2H3. The van der Waals surface area contributed by atoms with Crippen molar-refractivity contribution in [1.82, 2.24) is 19.0 Å². The van der Waals surface area contributed by atoms with E-state index in [9.17, 15) is 13.2 Å². The second kappa shape index (κ2) is 9.26. The zero-order chi connectivity index (χ0) is 22.7. The van der Waals surface area contributed by atoms with Crippen molar-refractivity contribution >= 4 is 15.9 Å². The third kappa shape index (κ3) is 4.76. The van der Waals surface area contributed by atoms with Gasteiger partial charge in [-0.25, -0.2) is 8.42 Å². The van der Waals surface area contributed by atoms with E-state index in [1.54, 1.807) is 4.90 Å². The smallest absolute Gasteiger partial charge is 0.257 e. The molecule has 168 valence electrons. The summed E-state index contributed by atoms with van der Waals surface area (Å²) in [6.45, 7) is 5.71. The topological polar surface area (TPSA) is 75.5 Å². The summed E-state index contributed by atoms with van der Waals surface area (Å²) in [5.41, 5.74) is 4.02. The number of aromatic nitrogens is 2. The highest BCUT2D eigenvalue weighted by Gasteiger charge is 2.31. The average Bonchev–Trinajstić information content (AvgIpc) is 3.07. The van der Waals surface area contributed by atoms with E-state index >= 15 is 0 Å². The molecule has 32 heavy (non-hydrogen) atoms. The Kier molecular flexibility index (Phi) is 6.43. The van der Waals surface area contributed by atoms with Crippen molar-refractivity contribution < 1.29 is 13.2 Å². The van der Waals surface area contributed by atoms with Crippen molar-refractivity contribution in [3.63, 3.8) is 0 Å². The van der Waals surface area contributed by atoms with Gasteiger partial charge in [-0.05, 0) is 25.0 Å². The van der Waals surface area contributed by atoms with Gasteiger partial charge in [0.2, 0.25) is 10.0 Å². The van der Waals surface area contributed by atoms with Crippen LogP contribution in [0, 0.1) is 13.8 Å². The molecule has 0 aliphatic carbocycles. The van der Waals surface area contributed by atoms with Crippen LogP contribution >= 0.6 is 0 Å². The largest absolute Gasteiger partial charge is 0.336 e. The van der Waals surface area contributed by atoms with Crippen molar-refractivity contribution in [2.75, 3.05) is 26.2 Å². The van der Waals surface area contributed by atoms with Gasteiger partial charge in [-0.2, -0.15) is 9.40 Å². The predicted octanol–water partition coefficient (Wildman–Crippen LogP) is 2.84. The number of nitrogens with zero attached hydrogens (tertiary/aromatic N) is 4. The average molecular weight is 453 g/mol. The fraction of sp³-hybridized carbons (Fsp3) is 0.333. The fourth-order valence-corrected chi connectivity index (χ4v) is 5.64. The lowest BCUT2D eigenvalue weighted by Crippen LogP contribution is -2.50. The minimum Gasteiger partial charge on any atom is -0.336 e. The van der Waals surface area contributed by atoms with Gasteiger partial charge in [0, 0.05) is 31.9 Å². The van der Waals surface area contributed by atoms with Crippen molar-refractivity contribution in [2.45, 2.75) is 26.1 Å². The summed E-state index contributed by atoms with van der Waals surface area (Å²) in [4.78, 5) is 15.0. The van der Waals surface area contributed by atoms with Gasteiger partial charge in [0.1, 0.15) is 0 Å². The molecule has 7 nitrogen and oxygen atoms in total. The monoisotopic (exact) mass is 452 g/mol. The zero-order valence-electron chi connectivity index (χ0n) is 18.4. The Balaban J connectivity index is 1.42. The molecule has 8 heteroatoms. The number of piperazine rings is 1. The van der Waals surface area contributed by atoms with Crippen LogP contribution in [0.2, 0.25) is 0 Å². The molecule has 2 aromatic carbocycles. The highest BCUT2D eigenvalue weighted by atomic mass is 32.2. The molecule has 0 atom stereocenters. The van der Waals surface area contributed by atoms with Gasteiger partial charge in [0.25, 0.3) is 5.91 Å². The Hall–Kier alpha value is -2.97. The van der Waals surface area contributed by atoms with Gasteiger partial charge >= 0.3 is 0 Å². The minimum atomic E-state index is -3.42. The van der Waals surface area contributed by atoms with E-state index < -0.39 is 10.0 Å². The van der Waals surface area contributed by atoms with E-state index in [1.165, 1.54) is 4.31 Å². The summed E-state index contributed by atoms with van der Waals surface area (Å²) in [6.07, 6.45) is 0. The Morgan fingerprint density at radius 3 is 2.03 bits per heavy atom. The number of aryl methyl sites for hydroxylation is 1. The zero-order valence-corrected chi connectivity index (χ0v) is 19.3. The third-order valence-corrected chi connectivity index (χ3v) is 7.73. The number of rotatable bonds is 6. The number of benzene rings is 2. The molecule has 0 bridgehead atoms. The summed E-state index contributed by atoms with van der Waals surface area (Å²) < 4.78 is 28.9. The van der Waals surface area contributed by atoms with Crippen LogP contribution in [0.15, 0.2) is 60.7 Å². The molecule has 1 aliphatic rings. The molecule has 1 aliphatic heterocycles. The van der Waals surface area contributed by atoms with Crippen LogP contribution in [-0.2, 0) is 22.3 Å².